The lowest BCUT2D eigenvalue weighted by Crippen LogP contribution is -2.11. The lowest BCUT2D eigenvalue weighted by atomic mass is 9.98. The smallest absolute Gasteiger partial charge is 0.101 e. The largest absolute Gasteiger partial charge is 0.472 e. The molecule has 3 nitrogen and oxygen atoms in total. The van der Waals surface area contributed by atoms with E-state index in [4.69, 9.17) is 4.42 Å². The normalized spacial score (nSPS) is 13.9. The zero-order valence-corrected chi connectivity index (χ0v) is 11.1. The minimum absolute atomic E-state index is 0.0400. The molecule has 1 unspecified atom stereocenters. The van der Waals surface area contributed by atoms with Gasteiger partial charge in [0.05, 0.1) is 23.2 Å². The van der Waals surface area contributed by atoms with Gasteiger partial charge in [-0.1, -0.05) is 20.8 Å². The molecule has 17 heavy (non-hydrogen) atoms. The maximum atomic E-state index is 10.1. The summed E-state index contributed by atoms with van der Waals surface area (Å²) in [7, 11) is 0. The quantitative estimate of drug-likeness (QED) is 0.910. The number of thiazole rings is 1. The van der Waals surface area contributed by atoms with Gasteiger partial charge in [0.1, 0.15) is 6.10 Å². The molecule has 2 rings (SSSR count). The summed E-state index contributed by atoms with van der Waals surface area (Å²) in [5, 5.41) is 13.1. The van der Waals surface area contributed by atoms with Gasteiger partial charge in [0, 0.05) is 17.2 Å². The van der Waals surface area contributed by atoms with Gasteiger partial charge in [0.25, 0.3) is 0 Å². The van der Waals surface area contributed by atoms with Crippen LogP contribution >= 0.6 is 11.3 Å². The third kappa shape index (κ3) is 2.96. The van der Waals surface area contributed by atoms with Crippen LogP contribution in [0.2, 0.25) is 0 Å². The summed E-state index contributed by atoms with van der Waals surface area (Å²) in [6.45, 7) is 6.37. The Kier molecular flexibility index (Phi) is 3.35. The highest BCUT2D eigenvalue weighted by molar-refractivity contribution is 7.09. The van der Waals surface area contributed by atoms with Crippen molar-refractivity contribution >= 4 is 11.3 Å². The summed E-state index contributed by atoms with van der Waals surface area (Å²) in [5.74, 6) is 0. The molecule has 0 radical (unpaired) electrons. The van der Waals surface area contributed by atoms with E-state index in [1.165, 1.54) is 0 Å². The van der Waals surface area contributed by atoms with Gasteiger partial charge in [0.2, 0.25) is 0 Å². The van der Waals surface area contributed by atoms with Crippen LogP contribution in [0.1, 0.15) is 43.1 Å². The van der Waals surface area contributed by atoms with Gasteiger partial charge in [-0.05, 0) is 11.6 Å². The molecule has 0 bridgehead atoms. The molecule has 2 aromatic rings. The number of hydrogen-bond acceptors (Lipinski definition) is 4. The molecule has 0 spiro atoms. The van der Waals surface area contributed by atoms with Crippen LogP contribution in [0.4, 0.5) is 0 Å². The summed E-state index contributed by atoms with van der Waals surface area (Å²) >= 11 is 1.60. The third-order valence-corrected chi connectivity index (χ3v) is 3.80. The molecule has 2 aromatic heterocycles. The van der Waals surface area contributed by atoms with Crippen molar-refractivity contribution in [3.8, 4) is 0 Å². The van der Waals surface area contributed by atoms with E-state index in [2.05, 4.69) is 25.8 Å². The fourth-order valence-corrected chi connectivity index (χ4v) is 2.47. The van der Waals surface area contributed by atoms with E-state index in [0.717, 1.165) is 16.3 Å². The van der Waals surface area contributed by atoms with E-state index in [1.54, 1.807) is 23.9 Å². The van der Waals surface area contributed by atoms with Gasteiger partial charge in [-0.15, -0.1) is 11.3 Å². The minimum Gasteiger partial charge on any atom is -0.472 e. The average molecular weight is 251 g/mol. The average Bonchev–Trinajstić information content (AvgIpc) is 2.85. The number of rotatable bonds is 3. The van der Waals surface area contributed by atoms with E-state index in [9.17, 15) is 5.11 Å². The molecule has 4 heteroatoms. The summed E-state index contributed by atoms with van der Waals surface area (Å²) in [5.41, 5.74) is 1.78. The minimum atomic E-state index is -0.556. The lowest BCUT2D eigenvalue weighted by molar-refractivity contribution is 0.173. The van der Waals surface area contributed by atoms with Crippen LogP contribution in [0.25, 0.3) is 0 Å². The molecule has 1 atom stereocenters. The Bertz CT molecular complexity index is 468. The van der Waals surface area contributed by atoms with E-state index < -0.39 is 6.10 Å². The molecule has 0 aliphatic carbocycles. The maximum absolute atomic E-state index is 10.1. The van der Waals surface area contributed by atoms with Crippen LogP contribution in [0, 0.1) is 0 Å². The molecule has 0 aromatic carbocycles. The Labute approximate surface area is 105 Å². The molecular formula is C13H17NO2S. The second kappa shape index (κ2) is 4.63. The second-order valence-corrected chi connectivity index (χ2v) is 6.04. The lowest BCUT2D eigenvalue weighted by Gasteiger charge is -2.14. The van der Waals surface area contributed by atoms with E-state index in [-0.39, 0.29) is 5.41 Å². The Balaban J connectivity index is 2.10. The van der Waals surface area contributed by atoms with Crippen LogP contribution in [-0.4, -0.2) is 10.1 Å². The Morgan fingerprint density at radius 2 is 2.24 bits per heavy atom. The van der Waals surface area contributed by atoms with Crippen molar-refractivity contribution in [2.45, 2.75) is 38.7 Å². The predicted molar refractivity (Wildman–Crippen MR) is 68.2 cm³/mol. The molecule has 0 amide bonds. The van der Waals surface area contributed by atoms with Crippen LogP contribution < -0.4 is 0 Å². The first-order valence-corrected chi connectivity index (χ1v) is 6.50. The molecule has 0 aliphatic heterocycles. The Hall–Kier alpha value is -1.13. The highest BCUT2D eigenvalue weighted by atomic mass is 32.1. The molecule has 0 saturated heterocycles. The SMILES string of the molecule is CC(C)(C)c1nc(C(O)Cc2ccoc2)cs1. The number of nitrogens with zero attached hydrogens (tertiary/aromatic N) is 1. The topological polar surface area (TPSA) is 46.3 Å². The number of furan rings is 1. The number of hydrogen-bond donors (Lipinski definition) is 1. The van der Waals surface area contributed by atoms with Crippen LogP contribution in [0.3, 0.4) is 0 Å². The molecule has 1 N–H and O–H groups in total. The second-order valence-electron chi connectivity index (χ2n) is 5.18. The number of aliphatic hydroxyl groups is 1. The summed E-state index contributed by atoms with van der Waals surface area (Å²) in [4.78, 5) is 4.50. The van der Waals surface area contributed by atoms with Crippen molar-refractivity contribution in [1.82, 2.24) is 4.98 Å². The van der Waals surface area contributed by atoms with Gasteiger partial charge in [0.15, 0.2) is 0 Å². The van der Waals surface area contributed by atoms with Gasteiger partial charge < -0.3 is 9.52 Å². The van der Waals surface area contributed by atoms with Crippen molar-refractivity contribution in [3.05, 3.63) is 40.2 Å². The number of aromatic nitrogens is 1. The molecule has 2 heterocycles. The van der Waals surface area contributed by atoms with Gasteiger partial charge in [-0.2, -0.15) is 0 Å². The molecule has 92 valence electrons. The van der Waals surface area contributed by atoms with Crippen molar-refractivity contribution in [1.29, 1.82) is 0 Å². The molecule has 0 saturated carbocycles. The van der Waals surface area contributed by atoms with Crippen LogP contribution in [-0.2, 0) is 11.8 Å². The van der Waals surface area contributed by atoms with Crippen molar-refractivity contribution in [2.75, 3.05) is 0 Å². The van der Waals surface area contributed by atoms with Gasteiger partial charge in [-0.3, -0.25) is 0 Å². The van der Waals surface area contributed by atoms with Crippen molar-refractivity contribution in [2.24, 2.45) is 0 Å². The Morgan fingerprint density at radius 1 is 1.47 bits per heavy atom. The first kappa shape index (κ1) is 12.3. The van der Waals surface area contributed by atoms with Gasteiger partial charge in [-0.25, -0.2) is 4.98 Å². The highest BCUT2D eigenvalue weighted by Gasteiger charge is 2.20. The zero-order valence-electron chi connectivity index (χ0n) is 10.3. The summed E-state index contributed by atoms with van der Waals surface area (Å²) in [6, 6.07) is 1.86. The maximum Gasteiger partial charge on any atom is 0.101 e. The van der Waals surface area contributed by atoms with Gasteiger partial charge >= 0.3 is 0 Å². The first-order valence-electron chi connectivity index (χ1n) is 5.62. The molecular weight excluding hydrogens is 234 g/mol. The molecule has 0 fully saturated rings. The monoisotopic (exact) mass is 251 g/mol. The van der Waals surface area contributed by atoms with Crippen molar-refractivity contribution < 1.29 is 9.52 Å². The first-order chi connectivity index (χ1) is 7.97. The van der Waals surface area contributed by atoms with Crippen LogP contribution in [0.5, 0.6) is 0 Å². The molecule has 0 aliphatic rings. The fourth-order valence-electron chi connectivity index (χ4n) is 1.52. The van der Waals surface area contributed by atoms with E-state index >= 15 is 0 Å². The van der Waals surface area contributed by atoms with E-state index in [0.29, 0.717) is 6.42 Å². The zero-order chi connectivity index (χ0) is 12.5. The van der Waals surface area contributed by atoms with Crippen LogP contribution in [0.15, 0.2) is 28.4 Å². The predicted octanol–water partition coefficient (Wildman–Crippen LogP) is 3.31. The third-order valence-electron chi connectivity index (χ3n) is 2.51. The standard InChI is InChI=1S/C13H17NO2S/c1-13(2,3)12-14-10(8-17-12)11(15)6-9-4-5-16-7-9/h4-5,7-8,11,15H,6H2,1-3H3. The summed E-state index contributed by atoms with van der Waals surface area (Å²) in [6.07, 6.45) is 3.26. The number of aliphatic hydroxyl groups excluding tert-OH is 1. The summed E-state index contributed by atoms with van der Waals surface area (Å²) < 4.78 is 4.98. The van der Waals surface area contributed by atoms with Crippen molar-refractivity contribution in [3.63, 3.8) is 0 Å². The van der Waals surface area contributed by atoms with E-state index in [1.807, 2.05) is 11.4 Å². The fraction of sp³-hybridized carbons (Fsp3) is 0.462. The highest BCUT2D eigenvalue weighted by Crippen LogP contribution is 2.28. The Morgan fingerprint density at radius 3 is 2.76 bits per heavy atom.